The van der Waals surface area contributed by atoms with E-state index in [1.54, 1.807) is 19.1 Å². The van der Waals surface area contributed by atoms with Crippen LogP contribution in [0, 0.1) is 0 Å². The summed E-state index contributed by atoms with van der Waals surface area (Å²) >= 11 is 0. The van der Waals surface area contributed by atoms with E-state index in [9.17, 15) is 14.7 Å². The van der Waals surface area contributed by atoms with Crippen LogP contribution in [0.3, 0.4) is 0 Å². The average molecular weight is 399 g/mol. The van der Waals surface area contributed by atoms with Crippen molar-refractivity contribution in [3.8, 4) is 5.75 Å². The van der Waals surface area contributed by atoms with E-state index in [1.165, 1.54) is 11.6 Å². The van der Waals surface area contributed by atoms with Gasteiger partial charge in [0.1, 0.15) is 12.3 Å². The Kier molecular flexibility index (Phi) is 7.65. The zero-order valence-corrected chi connectivity index (χ0v) is 17.5. The zero-order valence-electron chi connectivity index (χ0n) is 17.5. The Hall–Kier alpha value is -3.02. The molecule has 3 N–H and O–H groups in total. The molecular weight excluding hydrogens is 368 g/mol. The minimum Gasteiger partial charge on any atom is -0.506 e. The molecule has 0 aliphatic heterocycles. The molecule has 0 spiro atoms. The fourth-order valence-electron chi connectivity index (χ4n) is 2.79. The van der Waals surface area contributed by atoms with Crippen LogP contribution < -0.4 is 10.6 Å². The summed E-state index contributed by atoms with van der Waals surface area (Å²) in [5.41, 5.74) is 3.37. The maximum atomic E-state index is 12.2. The van der Waals surface area contributed by atoms with Crippen LogP contribution >= 0.6 is 0 Å². The number of nitrogens with one attached hydrogen (secondary N) is 2. The summed E-state index contributed by atoms with van der Waals surface area (Å²) < 4.78 is 4.83. The number of aromatic hydroxyl groups is 1. The lowest BCUT2D eigenvalue weighted by Crippen LogP contribution is -2.17. The Balaban J connectivity index is 1.85. The molecule has 6 heteroatoms. The molecule has 0 atom stereocenters. The molecule has 2 aromatic rings. The minimum atomic E-state index is -0.403. The van der Waals surface area contributed by atoms with Crippen molar-refractivity contribution in [2.24, 2.45) is 0 Å². The third-order valence-corrected chi connectivity index (χ3v) is 4.47. The number of anilines is 2. The van der Waals surface area contributed by atoms with E-state index in [-0.39, 0.29) is 23.6 Å². The van der Waals surface area contributed by atoms with Gasteiger partial charge in [0, 0.05) is 18.2 Å². The van der Waals surface area contributed by atoms with Gasteiger partial charge in [0.2, 0.25) is 5.91 Å². The van der Waals surface area contributed by atoms with E-state index < -0.39 is 5.97 Å². The van der Waals surface area contributed by atoms with Crippen molar-refractivity contribution >= 4 is 23.3 Å². The molecule has 6 nitrogen and oxygen atoms in total. The summed E-state index contributed by atoms with van der Waals surface area (Å²) in [7, 11) is 0. The van der Waals surface area contributed by atoms with E-state index in [2.05, 4.69) is 55.7 Å². The van der Waals surface area contributed by atoms with Gasteiger partial charge in [0.25, 0.3) is 0 Å². The lowest BCUT2D eigenvalue weighted by Gasteiger charge is -2.19. The van der Waals surface area contributed by atoms with Crippen molar-refractivity contribution in [1.82, 2.24) is 0 Å². The standard InChI is InChI=1S/C23H30N2O4/c1-5-29-22(28)15-24-19-12-11-18(14-20(19)26)25-21(27)13-8-16-6-9-17(10-7-16)23(2,3)4/h6-7,9-12,14,24,26H,5,8,13,15H2,1-4H3,(H,25,27). The van der Waals surface area contributed by atoms with Gasteiger partial charge in [-0.05, 0) is 42.0 Å². The van der Waals surface area contributed by atoms with Gasteiger partial charge in [0.15, 0.2) is 0 Å². The first-order chi connectivity index (χ1) is 13.7. The maximum Gasteiger partial charge on any atom is 0.325 e. The van der Waals surface area contributed by atoms with Gasteiger partial charge >= 0.3 is 5.97 Å². The van der Waals surface area contributed by atoms with Gasteiger partial charge < -0.3 is 20.5 Å². The summed E-state index contributed by atoms with van der Waals surface area (Å²) in [6, 6.07) is 13.1. The van der Waals surface area contributed by atoms with Crippen LogP contribution in [0.15, 0.2) is 42.5 Å². The zero-order chi connectivity index (χ0) is 21.4. The molecule has 0 aliphatic rings. The van der Waals surface area contributed by atoms with Gasteiger partial charge in [-0.3, -0.25) is 9.59 Å². The number of hydrogen-bond donors (Lipinski definition) is 3. The smallest absolute Gasteiger partial charge is 0.325 e. The number of carbonyl (C=O) groups excluding carboxylic acids is 2. The van der Waals surface area contributed by atoms with Gasteiger partial charge in [-0.15, -0.1) is 0 Å². The Morgan fingerprint density at radius 1 is 1.07 bits per heavy atom. The summed E-state index contributed by atoms with van der Waals surface area (Å²) in [4.78, 5) is 23.6. The molecule has 0 unspecified atom stereocenters. The highest BCUT2D eigenvalue weighted by Crippen LogP contribution is 2.27. The van der Waals surface area contributed by atoms with Crippen molar-refractivity contribution in [2.75, 3.05) is 23.8 Å². The third kappa shape index (κ3) is 7.14. The Morgan fingerprint density at radius 3 is 2.34 bits per heavy atom. The molecular formula is C23H30N2O4. The summed E-state index contributed by atoms with van der Waals surface area (Å²) in [6.45, 7) is 8.50. The number of ether oxygens (including phenoxy) is 1. The third-order valence-electron chi connectivity index (χ3n) is 4.47. The van der Waals surface area contributed by atoms with Crippen LogP contribution in [0.4, 0.5) is 11.4 Å². The van der Waals surface area contributed by atoms with E-state index in [0.717, 1.165) is 5.56 Å². The number of phenolic OH excluding ortho intramolecular Hbond substituents is 1. The predicted octanol–water partition coefficient (Wildman–Crippen LogP) is 4.24. The van der Waals surface area contributed by atoms with Crippen LogP contribution in [0.25, 0.3) is 0 Å². The van der Waals surface area contributed by atoms with E-state index in [1.807, 2.05) is 0 Å². The molecule has 1 amide bonds. The summed E-state index contributed by atoms with van der Waals surface area (Å²) in [5.74, 6) is -0.582. The van der Waals surface area contributed by atoms with Crippen LogP contribution in [0.2, 0.25) is 0 Å². The van der Waals surface area contributed by atoms with Crippen molar-refractivity contribution in [3.63, 3.8) is 0 Å². The number of benzene rings is 2. The highest BCUT2D eigenvalue weighted by atomic mass is 16.5. The number of esters is 1. The largest absolute Gasteiger partial charge is 0.506 e. The van der Waals surface area contributed by atoms with E-state index in [4.69, 9.17) is 4.74 Å². The van der Waals surface area contributed by atoms with Gasteiger partial charge in [0.05, 0.1) is 12.3 Å². The van der Waals surface area contributed by atoms with Gasteiger partial charge in [-0.1, -0.05) is 45.0 Å². The molecule has 0 radical (unpaired) electrons. The Labute approximate surface area is 172 Å². The predicted molar refractivity (Wildman–Crippen MR) is 115 cm³/mol. The first kappa shape index (κ1) is 22.3. The van der Waals surface area contributed by atoms with Crippen molar-refractivity contribution in [2.45, 2.75) is 46.0 Å². The quantitative estimate of drug-likeness (QED) is 0.457. The monoisotopic (exact) mass is 398 g/mol. The second kappa shape index (κ2) is 9.96. The fraction of sp³-hybridized carbons (Fsp3) is 0.391. The maximum absolute atomic E-state index is 12.2. The van der Waals surface area contributed by atoms with Crippen molar-refractivity contribution in [3.05, 3.63) is 53.6 Å². The lowest BCUT2D eigenvalue weighted by molar-refractivity contribution is -0.140. The van der Waals surface area contributed by atoms with Crippen LogP contribution in [0.5, 0.6) is 5.75 Å². The first-order valence-electron chi connectivity index (χ1n) is 9.81. The summed E-state index contributed by atoms with van der Waals surface area (Å²) in [5, 5.41) is 15.7. The molecule has 0 fully saturated rings. The lowest BCUT2D eigenvalue weighted by atomic mass is 9.86. The van der Waals surface area contributed by atoms with Gasteiger partial charge in [-0.2, -0.15) is 0 Å². The average Bonchev–Trinajstić information content (AvgIpc) is 2.65. The SMILES string of the molecule is CCOC(=O)CNc1ccc(NC(=O)CCc2ccc(C(C)(C)C)cc2)cc1O. The molecule has 156 valence electrons. The molecule has 0 aromatic heterocycles. The van der Waals surface area contributed by atoms with Crippen molar-refractivity contribution < 1.29 is 19.4 Å². The molecule has 0 bridgehead atoms. The molecule has 0 heterocycles. The molecule has 0 saturated heterocycles. The number of phenols is 1. The molecule has 2 rings (SSSR count). The molecule has 0 aliphatic carbocycles. The normalized spacial score (nSPS) is 11.0. The number of aryl methyl sites for hydroxylation is 1. The molecule has 29 heavy (non-hydrogen) atoms. The minimum absolute atomic E-state index is 0.0406. The van der Waals surface area contributed by atoms with Crippen LogP contribution in [-0.4, -0.2) is 30.1 Å². The Bertz CT molecular complexity index is 839. The van der Waals surface area contributed by atoms with E-state index in [0.29, 0.717) is 30.8 Å². The first-order valence-corrected chi connectivity index (χ1v) is 9.81. The van der Waals surface area contributed by atoms with Gasteiger partial charge in [-0.25, -0.2) is 0 Å². The van der Waals surface area contributed by atoms with Crippen LogP contribution in [0.1, 0.15) is 45.2 Å². The highest BCUT2D eigenvalue weighted by molar-refractivity contribution is 5.91. The van der Waals surface area contributed by atoms with Crippen LogP contribution in [-0.2, 0) is 26.2 Å². The number of amides is 1. The highest BCUT2D eigenvalue weighted by Gasteiger charge is 2.13. The Morgan fingerprint density at radius 2 is 1.76 bits per heavy atom. The second-order valence-electron chi connectivity index (χ2n) is 7.89. The number of rotatable bonds is 8. The van der Waals surface area contributed by atoms with Crippen molar-refractivity contribution in [1.29, 1.82) is 0 Å². The number of carbonyl (C=O) groups is 2. The van der Waals surface area contributed by atoms with E-state index >= 15 is 0 Å². The molecule has 0 saturated carbocycles. The topological polar surface area (TPSA) is 87.7 Å². The fourth-order valence-corrected chi connectivity index (χ4v) is 2.79. The second-order valence-corrected chi connectivity index (χ2v) is 7.89. The molecule has 2 aromatic carbocycles. The summed E-state index contributed by atoms with van der Waals surface area (Å²) in [6.07, 6.45) is 0.986. The number of hydrogen-bond acceptors (Lipinski definition) is 5.